The van der Waals surface area contributed by atoms with E-state index in [0.717, 1.165) is 12.8 Å². The fraction of sp³-hybridized carbons (Fsp3) is 0.379. The number of ether oxygens (including phenoxy) is 1. The topological polar surface area (TPSA) is 140 Å². The predicted molar refractivity (Wildman–Crippen MR) is 152 cm³/mol. The Bertz CT molecular complexity index is 1530. The van der Waals surface area contributed by atoms with E-state index < -0.39 is 17.5 Å². The Morgan fingerprint density at radius 1 is 1.05 bits per heavy atom. The Kier molecular flexibility index (Phi) is 8.46. The summed E-state index contributed by atoms with van der Waals surface area (Å²) in [6.45, 7) is 0.610. The molecular weight excluding hydrogens is 570 g/mol. The van der Waals surface area contributed by atoms with E-state index in [0.29, 0.717) is 31.0 Å². The van der Waals surface area contributed by atoms with Crippen molar-refractivity contribution >= 4 is 35.0 Å². The molecule has 2 fully saturated rings. The van der Waals surface area contributed by atoms with E-state index in [1.165, 1.54) is 55.3 Å². The van der Waals surface area contributed by atoms with Crippen molar-refractivity contribution in [3.05, 3.63) is 64.6 Å². The van der Waals surface area contributed by atoms with Gasteiger partial charge in [-0.05, 0) is 68.5 Å². The van der Waals surface area contributed by atoms with Gasteiger partial charge in [-0.3, -0.25) is 14.4 Å². The lowest BCUT2D eigenvalue weighted by atomic mass is 9.74. The van der Waals surface area contributed by atoms with Gasteiger partial charge in [0.1, 0.15) is 0 Å². The highest BCUT2D eigenvalue weighted by Gasteiger charge is 2.37. The van der Waals surface area contributed by atoms with Gasteiger partial charge in [0.15, 0.2) is 17.4 Å². The first-order valence-corrected chi connectivity index (χ1v) is 13.9. The molecule has 1 heterocycles. The van der Waals surface area contributed by atoms with Crippen LogP contribution in [-0.2, 0) is 11.8 Å². The first kappa shape index (κ1) is 29.5. The molecule has 0 aliphatic heterocycles. The van der Waals surface area contributed by atoms with Crippen LogP contribution >= 0.6 is 11.6 Å². The van der Waals surface area contributed by atoms with Crippen LogP contribution in [0.1, 0.15) is 46.7 Å². The second-order valence-corrected chi connectivity index (χ2v) is 11.1. The first-order chi connectivity index (χ1) is 20.1. The Labute approximate surface area is 246 Å². The molecule has 0 saturated heterocycles. The molecule has 42 heavy (non-hydrogen) atoms. The van der Waals surface area contributed by atoms with Crippen LogP contribution in [0.4, 0.5) is 14.5 Å². The number of aromatic nitrogens is 2. The maximum atomic E-state index is 14.6. The third-order valence-electron chi connectivity index (χ3n) is 7.97. The van der Waals surface area contributed by atoms with E-state index in [1.807, 2.05) is 0 Å². The monoisotopic (exact) mass is 600 g/mol. The molecule has 5 rings (SSSR count). The molecule has 2 aliphatic carbocycles. The Morgan fingerprint density at radius 3 is 2.43 bits per heavy atom. The number of nitrogens with zero attached hydrogens (tertiary/aromatic N) is 2. The highest BCUT2D eigenvalue weighted by molar-refractivity contribution is 6.34. The van der Waals surface area contributed by atoms with Crippen molar-refractivity contribution in [2.45, 2.75) is 37.8 Å². The number of hydrogen-bond donors (Lipinski definition) is 4. The summed E-state index contributed by atoms with van der Waals surface area (Å²) in [5, 5.41) is 8.74. The molecule has 10 nitrogen and oxygen atoms in total. The lowest BCUT2D eigenvalue weighted by Gasteiger charge is -2.39. The van der Waals surface area contributed by atoms with Gasteiger partial charge in [0, 0.05) is 36.3 Å². The minimum atomic E-state index is -1.14. The maximum Gasteiger partial charge on any atom is 0.291 e. The molecule has 2 aromatic carbocycles. The summed E-state index contributed by atoms with van der Waals surface area (Å²) in [5.74, 6) is -3.02. The fourth-order valence-electron chi connectivity index (χ4n) is 5.30. The molecule has 2 saturated carbocycles. The summed E-state index contributed by atoms with van der Waals surface area (Å²) >= 11 is 6.36. The van der Waals surface area contributed by atoms with E-state index in [1.54, 1.807) is 0 Å². The number of amides is 3. The molecule has 0 atom stereocenters. The van der Waals surface area contributed by atoms with E-state index in [-0.39, 0.29) is 63.2 Å². The van der Waals surface area contributed by atoms with Crippen molar-refractivity contribution in [3.63, 3.8) is 0 Å². The number of benzene rings is 2. The number of imidazole rings is 1. The van der Waals surface area contributed by atoms with Crippen LogP contribution in [0.3, 0.4) is 0 Å². The number of rotatable bonds is 9. The molecule has 0 radical (unpaired) electrons. The van der Waals surface area contributed by atoms with Crippen LogP contribution in [0.15, 0.2) is 36.5 Å². The molecule has 1 aromatic heterocycles. The number of hydrogen-bond acceptors (Lipinski definition) is 6. The minimum absolute atomic E-state index is 0.0275. The van der Waals surface area contributed by atoms with Crippen LogP contribution in [0, 0.1) is 23.5 Å². The lowest BCUT2D eigenvalue weighted by Crippen LogP contribution is -2.55. The number of halogens is 3. The Morgan fingerprint density at radius 2 is 1.76 bits per heavy atom. The van der Waals surface area contributed by atoms with Crippen molar-refractivity contribution in [1.82, 2.24) is 20.2 Å². The normalized spacial score (nSPS) is 21.1. The number of nitrogens with one attached hydrogen (secondary N) is 3. The van der Waals surface area contributed by atoms with Crippen molar-refractivity contribution in [2.24, 2.45) is 24.6 Å². The van der Waals surface area contributed by atoms with Gasteiger partial charge in [0.25, 0.3) is 11.8 Å². The smallest absolute Gasteiger partial charge is 0.291 e. The Hall–Kier alpha value is -4.03. The number of nitrogens with two attached hydrogens (primary N) is 1. The van der Waals surface area contributed by atoms with E-state index in [4.69, 9.17) is 22.1 Å². The summed E-state index contributed by atoms with van der Waals surface area (Å²) in [5.41, 5.74) is 6.28. The number of carbonyl (C=O) groups is 3. The third-order valence-corrected chi connectivity index (χ3v) is 8.28. The van der Waals surface area contributed by atoms with Crippen LogP contribution in [-0.4, -0.2) is 53.0 Å². The van der Waals surface area contributed by atoms with Crippen molar-refractivity contribution in [2.75, 3.05) is 19.0 Å². The predicted octanol–water partition coefficient (Wildman–Crippen LogP) is 3.64. The molecule has 0 bridgehead atoms. The van der Waals surface area contributed by atoms with Gasteiger partial charge in [-0.15, -0.1) is 0 Å². The standard InChI is InChI=1S/C29H31ClF2N6O4/c1-38-22(20-5-6-23(42-2)25(32)24(20)31)13-34-26(38)29(41)35-16-3-4-19(21(30)11-16)28(40)37-18-9-17(10-18)36-27(39)15-7-14(8-15)12-33/h3-6,11,13-15,17-18H,7-10,12,33H2,1-2H3,(H,35,41)(H,36,39)(H,37,40). The highest BCUT2D eigenvalue weighted by atomic mass is 35.5. The molecule has 3 amide bonds. The zero-order valence-corrected chi connectivity index (χ0v) is 23.8. The largest absolute Gasteiger partial charge is 0.494 e. The molecular formula is C29H31ClF2N6O4. The SMILES string of the molecule is COc1ccc(-c2cnc(C(=O)Nc3ccc(C(=O)NC4CC(NC(=O)C5CC(CN)C5)C4)c(Cl)c3)n2C)c(F)c1F. The van der Waals surface area contributed by atoms with E-state index in [2.05, 4.69) is 20.9 Å². The van der Waals surface area contributed by atoms with Crippen LogP contribution in [0.5, 0.6) is 5.75 Å². The van der Waals surface area contributed by atoms with Gasteiger partial charge in [0.2, 0.25) is 11.7 Å². The number of carbonyl (C=O) groups excluding carboxylic acids is 3. The van der Waals surface area contributed by atoms with Gasteiger partial charge in [0.05, 0.1) is 29.6 Å². The van der Waals surface area contributed by atoms with Crippen LogP contribution in [0.2, 0.25) is 5.02 Å². The highest BCUT2D eigenvalue weighted by Crippen LogP contribution is 2.34. The zero-order valence-electron chi connectivity index (χ0n) is 23.0. The van der Waals surface area contributed by atoms with Gasteiger partial charge in [-0.1, -0.05) is 11.6 Å². The molecule has 5 N–H and O–H groups in total. The average Bonchev–Trinajstić information content (AvgIpc) is 3.29. The summed E-state index contributed by atoms with van der Waals surface area (Å²) in [7, 11) is 2.73. The van der Waals surface area contributed by atoms with Crippen LogP contribution in [0.25, 0.3) is 11.3 Å². The van der Waals surface area contributed by atoms with Gasteiger partial charge in [-0.25, -0.2) is 9.37 Å². The quantitative estimate of drug-likeness (QED) is 0.296. The van der Waals surface area contributed by atoms with E-state index >= 15 is 0 Å². The average molecular weight is 601 g/mol. The number of methoxy groups -OCH3 is 1. The summed E-state index contributed by atoms with van der Waals surface area (Å²) in [6.07, 6.45) is 4.19. The van der Waals surface area contributed by atoms with Crippen molar-refractivity contribution in [3.8, 4) is 17.0 Å². The van der Waals surface area contributed by atoms with Gasteiger partial charge >= 0.3 is 0 Å². The van der Waals surface area contributed by atoms with Crippen molar-refractivity contribution in [1.29, 1.82) is 0 Å². The molecule has 3 aromatic rings. The summed E-state index contributed by atoms with van der Waals surface area (Å²) in [6, 6.07) is 7.03. The summed E-state index contributed by atoms with van der Waals surface area (Å²) in [4.78, 5) is 42.1. The van der Waals surface area contributed by atoms with Gasteiger partial charge in [-0.2, -0.15) is 4.39 Å². The van der Waals surface area contributed by atoms with E-state index in [9.17, 15) is 23.2 Å². The maximum absolute atomic E-state index is 14.6. The van der Waals surface area contributed by atoms with Crippen molar-refractivity contribution < 1.29 is 27.9 Å². The second-order valence-electron chi connectivity index (χ2n) is 10.7. The third kappa shape index (κ3) is 5.82. The molecule has 13 heteroatoms. The number of anilines is 1. The fourth-order valence-corrected chi connectivity index (χ4v) is 5.57. The summed E-state index contributed by atoms with van der Waals surface area (Å²) < 4.78 is 34.9. The lowest BCUT2D eigenvalue weighted by molar-refractivity contribution is -0.130. The molecule has 0 unspecified atom stereocenters. The second kappa shape index (κ2) is 12.1. The Balaban J connectivity index is 1.15. The molecule has 0 spiro atoms. The molecule has 222 valence electrons. The van der Waals surface area contributed by atoms with Gasteiger partial charge < -0.3 is 31.0 Å². The molecule has 2 aliphatic rings. The van der Waals surface area contributed by atoms with Crippen LogP contribution < -0.4 is 26.4 Å². The first-order valence-electron chi connectivity index (χ1n) is 13.6. The minimum Gasteiger partial charge on any atom is -0.494 e. The zero-order chi connectivity index (χ0) is 30.1.